The van der Waals surface area contributed by atoms with Crippen molar-refractivity contribution in [3.05, 3.63) is 61.2 Å². The fourth-order valence-electron chi connectivity index (χ4n) is 1.81. The van der Waals surface area contributed by atoms with Gasteiger partial charge in [0.25, 0.3) is 0 Å². The third-order valence-corrected chi connectivity index (χ3v) is 6.42. The van der Waals surface area contributed by atoms with Gasteiger partial charge in [-0.3, -0.25) is 0 Å². The Morgan fingerprint density at radius 3 is 2.30 bits per heavy atom. The van der Waals surface area contributed by atoms with E-state index in [0.29, 0.717) is 0 Å². The number of rotatable bonds is 4. The molecule has 0 spiro atoms. The summed E-state index contributed by atoms with van der Waals surface area (Å²) in [6, 6.07) is 15.9. The average molecular weight is 359 g/mol. The maximum Gasteiger partial charge on any atom is 0.161 e. The van der Waals surface area contributed by atoms with Crippen molar-refractivity contribution in [2.75, 3.05) is 5.75 Å². The molecule has 0 saturated carbocycles. The molecule has 116 valence electrons. The van der Waals surface area contributed by atoms with Gasteiger partial charge in [0.2, 0.25) is 0 Å². The monoisotopic (exact) mass is 358 g/mol. The number of aromatic nitrogens is 4. The van der Waals surface area contributed by atoms with Crippen molar-refractivity contribution in [2.24, 2.45) is 0 Å². The summed E-state index contributed by atoms with van der Waals surface area (Å²) in [5.74, 6) is 0.959. The van der Waals surface area contributed by atoms with Gasteiger partial charge in [-0.1, -0.05) is 41.1 Å². The first-order chi connectivity index (χ1) is 11.4. The molecule has 0 aliphatic heterocycles. The Hall–Kier alpha value is -1.83. The number of hydrogen-bond donors (Lipinski definition) is 1. The zero-order chi connectivity index (χ0) is 15.9. The summed E-state index contributed by atoms with van der Waals surface area (Å²) in [7, 11) is 3.49. The second-order valence-corrected chi connectivity index (χ2v) is 8.03. The zero-order valence-electron chi connectivity index (χ0n) is 12.2. The molecule has 0 radical (unpaired) electrons. The number of aromatic amines is 1. The van der Waals surface area contributed by atoms with Crippen molar-refractivity contribution >= 4 is 54.2 Å². The summed E-state index contributed by atoms with van der Waals surface area (Å²) < 4.78 is 2.38. The zero-order valence-corrected chi connectivity index (χ0v) is 14.6. The summed E-state index contributed by atoms with van der Waals surface area (Å²) >= 11 is 1.74. The quantitative estimate of drug-likeness (QED) is 0.309. The van der Waals surface area contributed by atoms with Crippen LogP contribution < -0.4 is 0 Å². The van der Waals surface area contributed by atoms with E-state index in [2.05, 4.69) is 33.0 Å². The maximum atomic E-state index is 4.51. The molecule has 7 heteroatoms. The van der Waals surface area contributed by atoms with E-state index in [9.17, 15) is 0 Å². The molecule has 0 unspecified atom stereocenters. The van der Waals surface area contributed by atoms with E-state index in [1.807, 2.05) is 48.5 Å². The van der Waals surface area contributed by atoms with Gasteiger partial charge in [0.15, 0.2) is 4.34 Å². The molecule has 4 aromatic rings. The second-order valence-electron chi connectivity index (χ2n) is 4.42. The van der Waals surface area contributed by atoms with Crippen LogP contribution in [0.25, 0.3) is 21.3 Å². The van der Waals surface area contributed by atoms with Gasteiger partial charge in [0.05, 0.1) is 10.2 Å². The highest BCUT2D eigenvalue weighted by molar-refractivity contribution is 8.77. The van der Waals surface area contributed by atoms with Crippen molar-refractivity contribution in [3.8, 4) is 0 Å². The van der Waals surface area contributed by atoms with Crippen LogP contribution in [-0.2, 0) is 0 Å². The number of fused-ring (bicyclic) bond motifs is 2. The predicted molar refractivity (Wildman–Crippen MR) is 102 cm³/mol. The lowest BCUT2D eigenvalue weighted by Gasteiger charge is -1.89. The van der Waals surface area contributed by atoms with E-state index in [4.69, 9.17) is 0 Å². The van der Waals surface area contributed by atoms with E-state index < -0.39 is 0 Å². The molecule has 0 saturated heterocycles. The minimum atomic E-state index is 0.914. The topological polar surface area (TPSA) is 54.5 Å². The van der Waals surface area contributed by atoms with Crippen LogP contribution >= 0.6 is 32.9 Å². The Balaban J connectivity index is 0.000000149. The molecule has 4 rings (SSSR count). The Morgan fingerprint density at radius 1 is 1.00 bits per heavy atom. The van der Waals surface area contributed by atoms with Gasteiger partial charge < -0.3 is 0 Å². The molecular formula is C16H14N4S3. The summed E-state index contributed by atoms with van der Waals surface area (Å²) in [5.41, 5.74) is 2.93. The minimum Gasteiger partial charge on any atom is -0.229 e. The Morgan fingerprint density at radius 2 is 1.65 bits per heavy atom. The van der Waals surface area contributed by atoms with Gasteiger partial charge >= 0.3 is 0 Å². The second kappa shape index (κ2) is 8.14. The fourth-order valence-corrected chi connectivity index (χ4v) is 4.95. The van der Waals surface area contributed by atoms with Crippen molar-refractivity contribution in [3.63, 3.8) is 0 Å². The molecule has 0 atom stereocenters. The highest BCUT2D eigenvalue weighted by atomic mass is 33.1. The Labute approximate surface area is 145 Å². The van der Waals surface area contributed by atoms with E-state index in [1.165, 1.54) is 4.70 Å². The van der Waals surface area contributed by atoms with Crippen molar-refractivity contribution in [2.45, 2.75) is 4.34 Å². The van der Waals surface area contributed by atoms with Crippen LogP contribution in [0.4, 0.5) is 0 Å². The summed E-state index contributed by atoms with van der Waals surface area (Å²) in [6.45, 7) is 3.68. The third kappa shape index (κ3) is 4.34. The first-order valence-corrected chi connectivity index (χ1v) is 10.0. The molecular weight excluding hydrogens is 344 g/mol. The van der Waals surface area contributed by atoms with E-state index in [-0.39, 0.29) is 0 Å². The van der Waals surface area contributed by atoms with Crippen LogP contribution in [-0.4, -0.2) is 26.1 Å². The van der Waals surface area contributed by atoms with Crippen LogP contribution in [0, 0.1) is 0 Å². The molecule has 2 aromatic carbocycles. The predicted octanol–water partition coefficient (Wildman–Crippen LogP) is 5.18. The van der Waals surface area contributed by atoms with Gasteiger partial charge in [0.1, 0.15) is 11.0 Å². The maximum absolute atomic E-state index is 4.51. The Kier molecular flexibility index (Phi) is 5.68. The first kappa shape index (κ1) is 16.0. The van der Waals surface area contributed by atoms with Gasteiger partial charge in [-0.15, -0.1) is 17.9 Å². The summed E-state index contributed by atoms with van der Waals surface area (Å²) in [6.07, 6.45) is 1.91. The van der Waals surface area contributed by atoms with Crippen molar-refractivity contribution in [1.82, 2.24) is 20.4 Å². The smallest absolute Gasteiger partial charge is 0.161 e. The molecule has 0 amide bonds. The van der Waals surface area contributed by atoms with Crippen LogP contribution in [0.3, 0.4) is 0 Å². The van der Waals surface area contributed by atoms with Crippen molar-refractivity contribution in [1.29, 1.82) is 0 Å². The lowest BCUT2D eigenvalue weighted by atomic mass is 10.3. The Bertz CT molecular complexity index is 837. The lowest BCUT2D eigenvalue weighted by molar-refractivity contribution is 0.959. The van der Waals surface area contributed by atoms with Crippen LogP contribution in [0.5, 0.6) is 0 Å². The molecule has 4 nitrogen and oxygen atoms in total. The van der Waals surface area contributed by atoms with Crippen LogP contribution in [0.2, 0.25) is 0 Å². The fraction of sp³-hybridized carbons (Fsp3) is 0.0625. The SMILES string of the molecule is C=CCSSc1nc2ccccc2s1.c1ccc2n[nH]nc2c1. The molecule has 1 N–H and O–H groups in total. The normalized spacial score (nSPS) is 10.4. The average Bonchev–Trinajstić information content (AvgIpc) is 3.22. The number of nitrogens with zero attached hydrogens (tertiary/aromatic N) is 3. The largest absolute Gasteiger partial charge is 0.229 e. The molecule has 0 aliphatic rings. The number of benzene rings is 2. The van der Waals surface area contributed by atoms with Gasteiger partial charge in [-0.25, -0.2) is 4.98 Å². The van der Waals surface area contributed by atoms with Crippen LogP contribution in [0.1, 0.15) is 0 Å². The number of thiazole rings is 1. The van der Waals surface area contributed by atoms with Gasteiger partial charge in [0, 0.05) is 5.75 Å². The highest BCUT2D eigenvalue weighted by Gasteiger charge is 2.02. The molecule has 0 aliphatic carbocycles. The summed E-state index contributed by atoms with van der Waals surface area (Å²) in [4.78, 5) is 4.51. The number of para-hydroxylation sites is 3. The summed E-state index contributed by atoms with van der Waals surface area (Å²) in [5, 5.41) is 10.3. The standard InChI is InChI=1S/C10H9NS3.C6H5N3/c1-2-7-12-14-10-11-8-5-3-4-6-9(8)13-10;1-2-4-6-5(3-1)7-9-8-6/h2-6H,1,7H2;1-4H,(H,7,8,9). The van der Waals surface area contributed by atoms with E-state index >= 15 is 0 Å². The molecule has 2 heterocycles. The number of H-pyrrole nitrogens is 1. The molecule has 2 aromatic heterocycles. The molecule has 0 fully saturated rings. The molecule has 23 heavy (non-hydrogen) atoms. The van der Waals surface area contributed by atoms with Crippen molar-refractivity contribution < 1.29 is 0 Å². The number of nitrogens with one attached hydrogen (secondary N) is 1. The molecule has 0 bridgehead atoms. The third-order valence-electron chi connectivity index (χ3n) is 2.81. The lowest BCUT2D eigenvalue weighted by Crippen LogP contribution is -1.66. The van der Waals surface area contributed by atoms with E-state index in [0.717, 1.165) is 26.6 Å². The highest BCUT2D eigenvalue weighted by Crippen LogP contribution is 2.36. The first-order valence-electron chi connectivity index (χ1n) is 6.88. The van der Waals surface area contributed by atoms with Gasteiger partial charge in [-0.05, 0) is 35.1 Å². The van der Waals surface area contributed by atoms with E-state index in [1.54, 1.807) is 32.9 Å². The van der Waals surface area contributed by atoms with Crippen LogP contribution in [0.15, 0.2) is 65.5 Å². The number of hydrogen-bond acceptors (Lipinski definition) is 6. The minimum absolute atomic E-state index is 0.914. The van der Waals surface area contributed by atoms with Gasteiger partial charge in [-0.2, -0.15) is 15.4 Å².